The Balaban J connectivity index is 2.96. The molecule has 1 aromatic rings. The lowest BCUT2D eigenvalue weighted by atomic mass is 10.1. The summed E-state index contributed by atoms with van der Waals surface area (Å²) in [6.07, 6.45) is 0. The third-order valence-corrected chi connectivity index (χ3v) is 1.69. The number of hydrogen-bond acceptors (Lipinski definition) is 2. The fourth-order valence-electron chi connectivity index (χ4n) is 0.889. The normalized spacial score (nSPS) is 12.5. The Morgan fingerprint density at radius 1 is 1.58 bits per heavy atom. The molecule has 1 N–H and O–H groups in total. The molecule has 1 aromatic carbocycles. The van der Waals surface area contributed by atoms with E-state index in [2.05, 4.69) is 0 Å². The first-order valence-electron chi connectivity index (χ1n) is 3.58. The molecule has 0 aliphatic rings. The van der Waals surface area contributed by atoms with Crippen LogP contribution in [0.5, 0.6) is 5.75 Å². The number of phenolic OH excluding ortho intramolecular Hbond substituents is 1. The van der Waals surface area contributed by atoms with Gasteiger partial charge in [0.05, 0.1) is 5.38 Å². The van der Waals surface area contributed by atoms with Gasteiger partial charge in [-0.25, -0.2) is 0 Å². The number of Topliss-reactive ketones (excluding diaryl/α,β-unsaturated/α-hetero) is 1. The summed E-state index contributed by atoms with van der Waals surface area (Å²) >= 11 is 5.58. The highest BCUT2D eigenvalue weighted by atomic mass is 35.5. The zero-order valence-electron chi connectivity index (χ0n) is 6.62. The maximum absolute atomic E-state index is 11.3. The van der Waals surface area contributed by atoms with Crippen LogP contribution in [0.15, 0.2) is 24.3 Å². The van der Waals surface area contributed by atoms with Crippen molar-refractivity contribution in [2.75, 3.05) is 0 Å². The molecule has 0 radical (unpaired) electrons. The van der Waals surface area contributed by atoms with Crippen LogP contribution in [-0.2, 0) is 0 Å². The van der Waals surface area contributed by atoms with Crippen molar-refractivity contribution >= 4 is 17.4 Å². The van der Waals surface area contributed by atoms with Crippen LogP contribution in [-0.4, -0.2) is 16.3 Å². The Bertz CT molecular complexity index is 294. The van der Waals surface area contributed by atoms with E-state index in [4.69, 9.17) is 16.7 Å². The third-order valence-electron chi connectivity index (χ3n) is 1.49. The maximum atomic E-state index is 11.3. The van der Waals surface area contributed by atoms with Crippen LogP contribution in [0.2, 0.25) is 0 Å². The minimum atomic E-state index is -0.549. The summed E-state index contributed by atoms with van der Waals surface area (Å²) < 4.78 is 0. The average molecular weight is 185 g/mol. The van der Waals surface area contributed by atoms with E-state index in [1.807, 2.05) is 0 Å². The zero-order chi connectivity index (χ0) is 9.14. The van der Waals surface area contributed by atoms with Crippen LogP contribution in [0, 0.1) is 0 Å². The molecule has 1 unspecified atom stereocenters. The molecule has 1 atom stereocenters. The van der Waals surface area contributed by atoms with Gasteiger partial charge >= 0.3 is 0 Å². The van der Waals surface area contributed by atoms with E-state index >= 15 is 0 Å². The number of carbonyl (C=O) groups excluding carboxylic acids is 1. The molecule has 12 heavy (non-hydrogen) atoms. The SMILES string of the molecule is CC(Cl)C(=O)c1cccc(O)c1. The Morgan fingerprint density at radius 3 is 2.75 bits per heavy atom. The van der Waals surface area contributed by atoms with E-state index in [1.54, 1.807) is 19.1 Å². The number of benzene rings is 1. The lowest BCUT2D eigenvalue weighted by molar-refractivity contribution is 0.0991. The van der Waals surface area contributed by atoms with Gasteiger partial charge in [-0.3, -0.25) is 4.79 Å². The van der Waals surface area contributed by atoms with Gasteiger partial charge in [-0.2, -0.15) is 0 Å². The van der Waals surface area contributed by atoms with Crippen LogP contribution in [0.1, 0.15) is 17.3 Å². The molecule has 0 aromatic heterocycles. The molecule has 0 saturated carbocycles. The average Bonchev–Trinajstić information content (AvgIpc) is 2.03. The predicted molar refractivity (Wildman–Crippen MR) is 47.8 cm³/mol. The standard InChI is InChI=1S/C9H9ClO2/c1-6(10)9(12)7-3-2-4-8(11)5-7/h2-6,11H,1H3. The summed E-state index contributed by atoms with van der Waals surface area (Å²) in [5.41, 5.74) is 0.442. The van der Waals surface area contributed by atoms with E-state index in [-0.39, 0.29) is 11.5 Å². The molecule has 3 heteroatoms. The smallest absolute Gasteiger partial charge is 0.180 e. The molecule has 0 bridgehead atoms. The van der Waals surface area contributed by atoms with Crippen LogP contribution in [0.3, 0.4) is 0 Å². The third kappa shape index (κ3) is 1.98. The molecule has 0 aliphatic heterocycles. The number of aromatic hydroxyl groups is 1. The number of rotatable bonds is 2. The Kier molecular flexibility index (Phi) is 2.71. The van der Waals surface area contributed by atoms with Crippen molar-refractivity contribution < 1.29 is 9.90 Å². The quantitative estimate of drug-likeness (QED) is 0.565. The molecule has 64 valence electrons. The van der Waals surface area contributed by atoms with E-state index in [9.17, 15) is 4.79 Å². The van der Waals surface area contributed by atoms with Gasteiger partial charge in [0, 0.05) is 5.56 Å². The topological polar surface area (TPSA) is 37.3 Å². The predicted octanol–water partition coefficient (Wildman–Crippen LogP) is 2.20. The number of ketones is 1. The first-order chi connectivity index (χ1) is 5.61. The summed E-state index contributed by atoms with van der Waals surface area (Å²) in [5, 5.41) is 8.50. The second kappa shape index (κ2) is 3.59. The zero-order valence-corrected chi connectivity index (χ0v) is 7.38. The molecule has 0 spiro atoms. The van der Waals surface area contributed by atoms with E-state index in [1.165, 1.54) is 12.1 Å². The molecule has 0 amide bonds. The summed E-state index contributed by atoms with van der Waals surface area (Å²) in [5.74, 6) is -0.0919. The van der Waals surface area contributed by atoms with Gasteiger partial charge in [-0.15, -0.1) is 11.6 Å². The number of phenols is 1. The number of carbonyl (C=O) groups is 1. The molecule has 1 rings (SSSR count). The van der Waals surface area contributed by atoms with Crippen molar-refractivity contribution in [1.82, 2.24) is 0 Å². The number of hydrogen-bond donors (Lipinski definition) is 1. The second-order valence-electron chi connectivity index (χ2n) is 2.53. The lowest BCUT2D eigenvalue weighted by Crippen LogP contribution is -2.09. The van der Waals surface area contributed by atoms with E-state index in [0.717, 1.165) is 0 Å². The Morgan fingerprint density at radius 2 is 2.25 bits per heavy atom. The highest BCUT2D eigenvalue weighted by Gasteiger charge is 2.11. The molecule has 0 fully saturated rings. The van der Waals surface area contributed by atoms with Gasteiger partial charge in [0.25, 0.3) is 0 Å². The minimum absolute atomic E-state index is 0.0816. The molecular formula is C9H9ClO2. The van der Waals surface area contributed by atoms with Crippen molar-refractivity contribution in [1.29, 1.82) is 0 Å². The van der Waals surface area contributed by atoms with Gasteiger partial charge in [0.2, 0.25) is 0 Å². The summed E-state index contributed by atoms with van der Waals surface area (Å²) in [4.78, 5) is 11.3. The number of alkyl halides is 1. The van der Waals surface area contributed by atoms with E-state index in [0.29, 0.717) is 5.56 Å². The van der Waals surface area contributed by atoms with E-state index < -0.39 is 5.38 Å². The number of halogens is 1. The minimum Gasteiger partial charge on any atom is -0.508 e. The van der Waals surface area contributed by atoms with Gasteiger partial charge in [0.15, 0.2) is 5.78 Å². The summed E-state index contributed by atoms with van der Waals surface area (Å²) in [7, 11) is 0. The fraction of sp³-hybridized carbons (Fsp3) is 0.222. The van der Waals surface area contributed by atoms with Crippen LogP contribution >= 0.6 is 11.6 Å². The molecule has 0 aliphatic carbocycles. The van der Waals surface area contributed by atoms with Crippen molar-refractivity contribution in [3.05, 3.63) is 29.8 Å². The maximum Gasteiger partial charge on any atom is 0.180 e. The van der Waals surface area contributed by atoms with Gasteiger partial charge < -0.3 is 5.11 Å². The van der Waals surface area contributed by atoms with Gasteiger partial charge in [-0.05, 0) is 19.1 Å². The summed E-state index contributed by atoms with van der Waals surface area (Å²) in [6.45, 7) is 1.61. The largest absolute Gasteiger partial charge is 0.508 e. The lowest BCUT2D eigenvalue weighted by Gasteiger charge is -2.01. The Labute approximate surface area is 75.8 Å². The van der Waals surface area contributed by atoms with Crippen LogP contribution < -0.4 is 0 Å². The van der Waals surface area contributed by atoms with Crippen LogP contribution in [0.4, 0.5) is 0 Å². The van der Waals surface area contributed by atoms with Crippen LogP contribution in [0.25, 0.3) is 0 Å². The highest BCUT2D eigenvalue weighted by molar-refractivity contribution is 6.33. The highest BCUT2D eigenvalue weighted by Crippen LogP contribution is 2.14. The molecule has 2 nitrogen and oxygen atoms in total. The molecule has 0 saturated heterocycles. The molecular weight excluding hydrogens is 176 g/mol. The van der Waals surface area contributed by atoms with Gasteiger partial charge in [-0.1, -0.05) is 12.1 Å². The first kappa shape index (κ1) is 9.07. The second-order valence-corrected chi connectivity index (χ2v) is 3.19. The Hall–Kier alpha value is -1.02. The summed E-state index contributed by atoms with van der Waals surface area (Å²) in [6, 6.07) is 6.15. The van der Waals surface area contributed by atoms with Gasteiger partial charge in [0.1, 0.15) is 5.75 Å². The van der Waals surface area contributed by atoms with Crippen molar-refractivity contribution in [3.8, 4) is 5.75 Å². The fourth-order valence-corrected chi connectivity index (χ4v) is 1.01. The molecule has 0 heterocycles. The monoisotopic (exact) mass is 184 g/mol. The first-order valence-corrected chi connectivity index (χ1v) is 4.02. The van der Waals surface area contributed by atoms with Crippen molar-refractivity contribution in [2.45, 2.75) is 12.3 Å². The van der Waals surface area contributed by atoms with Crippen molar-refractivity contribution in [3.63, 3.8) is 0 Å². The van der Waals surface area contributed by atoms with Crippen molar-refractivity contribution in [2.24, 2.45) is 0 Å².